The number of halogens is 2. The highest BCUT2D eigenvalue weighted by atomic mass is 79.9. The van der Waals surface area contributed by atoms with Crippen LogP contribution in [0, 0.1) is 0 Å². The minimum absolute atomic E-state index is 0.192. The number of carboxylic acids is 1. The summed E-state index contributed by atoms with van der Waals surface area (Å²) in [5.74, 6) is -1.45. The van der Waals surface area contributed by atoms with Crippen molar-refractivity contribution in [1.82, 2.24) is 4.98 Å². The van der Waals surface area contributed by atoms with E-state index < -0.39 is 12.1 Å². The number of hydrogen-bond donors (Lipinski definition) is 1. The Morgan fingerprint density at radius 1 is 1.69 bits per heavy atom. The summed E-state index contributed by atoms with van der Waals surface area (Å²) in [6.45, 7) is 0. The van der Waals surface area contributed by atoms with Crippen molar-refractivity contribution in [2.45, 2.75) is 12.6 Å². The number of aromatic nitrogens is 1. The molecule has 3 nitrogen and oxygen atoms in total. The largest absolute Gasteiger partial charge is 0.479 e. The minimum atomic E-state index is -1.88. The van der Waals surface area contributed by atoms with Crippen LogP contribution in [0.5, 0.6) is 0 Å². The van der Waals surface area contributed by atoms with Crippen LogP contribution in [0.25, 0.3) is 0 Å². The molecule has 0 saturated heterocycles. The van der Waals surface area contributed by atoms with E-state index in [-0.39, 0.29) is 6.42 Å². The average Bonchev–Trinajstić information content (AvgIpc) is 2.08. The molecule has 70 valence electrons. The number of hydrogen-bond acceptors (Lipinski definition) is 2. The van der Waals surface area contributed by atoms with Gasteiger partial charge in [-0.1, -0.05) is 0 Å². The Hall–Kier alpha value is -0.970. The van der Waals surface area contributed by atoms with Gasteiger partial charge in [0.15, 0.2) is 0 Å². The highest BCUT2D eigenvalue weighted by Gasteiger charge is 2.16. The van der Waals surface area contributed by atoms with Crippen molar-refractivity contribution in [3.8, 4) is 0 Å². The first-order valence-electron chi connectivity index (χ1n) is 3.57. The average molecular weight is 248 g/mol. The lowest BCUT2D eigenvalue weighted by atomic mass is 10.2. The van der Waals surface area contributed by atoms with Crippen LogP contribution in [-0.4, -0.2) is 22.2 Å². The molecule has 13 heavy (non-hydrogen) atoms. The molecule has 0 aliphatic carbocycles. The van der Waals surface area contributed by atoms with Gasteiger partial charge in [-0.15, -0.1) is 0 Å². The van der Waals surface area contributed by atoms with E-state index in [1.54, 1.807) is 12.1 Å². The SMILES string of the molecule is O=C(O)C(F)Cc1ccc(Br)cn1. The maximum atomic E-state index is 12.7. The fourth-order valence-electron chi connectivity index (χ4n) is 0.798. The number of alkyl halides is 1. The molecule has 1 heterocycles. The standard InChI is InChI=1S/C8H7BrFNO2/c9-5-1-2-6(11-4-5)3-7(10)8(12)13/h1-2,4,7H,3H2,(H,12,13). The van der Waals surface area contributed by atoms with E-state index in [9.17, 15) is 9.18 Å². The van der Waals surface area contributed by atoms with E-state index in [1.807, 2.05) is 0 Å². The number of pyridine rings is 1. The Labute approximate surface area is 82.7 Å². The third kappa shape index (κ3) is 3.10. The van der Waals surface area contributed by atoms with Crippen molar-refractivity contribution < 1.29 is 14.3 Å². The maximum Gasteiger partial charge on any atom is 0.338 e. The van der Waals surface area contributed by atoms with E-state index in [0.29, 0.717) is 5.69 Å². The van der Waals surface area contributed by atoms with Crippen LogP contribution in [0.1, 0.15) is 5.69 Å². The van der Waals surface area contributed by atoms with Gasteiger partial charge in [0, 0.05) is 22.8 Å². The molecule has 1 aromatic rings. The normalized spacial score (nSPS) is 12.5. The summed E-state index contributed by atoms with van der Waals surface area (Å²) in [5, 5.41) is 8.29. The second kappa shape index (κ2) is 4.32. The Bertz CT molecular complexity index is 302. The first-order chi connectivity index (χ1) is 6.09. The first-order valence-corrected chi connectivity index (χ1v) is 4.36. The zero-order chi connectivity index (χ0) is 9.84. The molecule has 0 radical (unpaired) electrons. The molecule has 1 unspecified atom stereocenters. The van der Waals surface area contributed by atoms with Crippen molar-refractivity contribution in [2.24, 2.45) is 0 Å². The molecule has 0 saturated carbocycles. The summed E-state index contributed by atoms with van der Waals surface area (Å²) in [4.78, 5) is 14.0. The Morgan fingerprint density at radius 2 is 2.38 bits per heavy atom. The smallest absolute Gasteiger partial charge is 0.338 e. The van der Waals surface area contributed by atoms with Crippen LogP contribution in [0.15, 0.2) is 22.8 Å². The van der Waals surface area contributed by atoms with Crippen LogP contribution in [0.2, 0.25) is 0 Å². The van der Waals surface area contributed by atoms with Gasteiger partial charge in [0.05, 0.1) is 0 Å². The van der Waals surface area contributed by atoms with Gasteiger partial charge >= 0.3 is 5.97 Å². The molecule has 0 spiro atoms. The summed E-state index contributed by atoms with van der Waals surface area (Å²) in [6.07, 6.45) is -0.569. The predicted octanol–water partition coefficient (Wildman–Crippen LogP) is 1.81. The van der Waals surface area contributed by atoms with Gasteiger partial charge in [-0.25, -0.2) is 9.18 Å². The molecule has 1 rings (SSSR count). The van der Waals surface area contributed by atoms with Crippen LogP contribution >= 0.6 is 15.9 Å². The third-order valence-corrected chi connectivity index (χ3v) is 1.91. The lowest BCUT2D eigenvalue weighted by molar-refractivity contribution is -0.142. The van der Waals surface area contributed by atoms with Crippen molar-refractivity contribution in [3.05, 3.63) is 28.5 Å². The molecular weight excluding hydrogens is 241 g/mol. The molecule has 0 aromatic carbocycles. The molecule has 1 atom stereocenters. The molecule has 0 aliphatic rings. The topological polar surface area (TPSA) is 50.2 Å². The lowest BCUT2D eigenvalue weighted by Gasteiger charge is -2.01. The van der Waals surface area contributed by atoms with Crippen molar-refractivity contribution in [1.29, 1.82) is 0 Å². The summed E-state index contributed by atoms with van der Waals surface area (Å²) in [5.41, 5.74) is 0.429. The third-order valence-electron chi connectivity index (χ3n) is 1.44. The molecule has 0 fully saturated rings. The molecule has 0 aliphatic heterocycles. The fraction of sp³-hybridized carbons (Fsp3) is 0.250. The van der Waals surface area contributed by atoms with E-state index in [0.717, 1.165) is 4.47 Å². The van der Waals surface area contributed by atoms with E-state index in [4.69, 9.17) is 5.11 Å². The quantitative estimate of drug-likeness (QED) is 0.887. The molecule has 5 heteroatoms. The van der Waals surface area contributed by atoms with Gasteiger partial charge < -0.3 is 5.11 Å². The number of rotatable bonds is 3. The molecular formula is C8H7BrFNO2. The minimum Gasteiger partial charge on any atom is -0.479 e. The summed E-state index contributed by atoms with van der Waals surface area (Å²) >= 11 is 3.17. The van der Waals surface area contributed by atoms with Crippen LogP contribution in [0.3, 0.4) is 0 Å². The molecule has 1 aromatic heterocycles. The number of carbonyl (C=O) groups is 1. The highest BCUT2D eigenvalue weighted by Crippen LogP contribution is 2.09. The van der Waals surface area contributed by atoms with Crippen molar-refractivity contribution in [3.63, 3.8) is 0 Å². The monoisotopic (exact) mass is 247 g/mol. The maximum absolute atomic E-state index is 12.7. The zero-order valence-corrected chi connectivity index (χ0v) is 8.16. The lowest BCUT2D eigenvalue weighted by Crippen LogP contribution is -2.17. The Kier molecular flexibility index (Phi) is 3.36. The van der Waals surface area contributed by atoms with Gasteiger partial charge in [-0.05, 0) is 28.1 Å². The van der Waals surface area contributed by atoms with Crippen LogP contribution < -0.4 is 0 Å². The molecule has 0 amide bonds. The summed E-state index contributed by atoms with van der Waals surface area (Å²) in [7, 11) is 0. The van der Waals surface area contributed by atoms with Gasteiger partial charge in [0.25, 0.3) is 0 Å². The van der Waals surface area contributed by atoms with Crippen LogP contribution in [0.4, 0.5) is 4.39 Å². The Morgan fingerprint density at radius 3 is 2.85 bits per heavy atom. The molecule has 0 bridgehead atoms. The van der Waals surface area contributed by atoms with Crippen molar-refractivity contribution in [2.75, 3.05) is 0 Å². The van der Waals surface area contributed by atoms with Gasteiger partial charge in [-0.2, -0.15) is 0 Å². The van der Waals surface area contributed by atoms with E-state index in [2.05, 4.69) is 20.9 Å². The number of aliphatic carboxylic acids is 1. The van der Waals surface area contributed by atoms with Gasteiger partial charge in [0.2, 0.25) is 6.17 Å². The Balaban J connectivity index is 2.64. The van der Waals surface area contributed by atoms with E-state index in [1.165, 1.54) is 6.20 Å². The number of nitrogens with zero attached hydrogens (tertiary/aromatic N) is 1. The fourth-order valence-corrected chi connectivity index (χ4v) is 1.03. The van der Waals surface area contributed by atoms with Crippen molar-refractivity contribution >= 4 is 21.9 Å². The second-order valence-corrected chi connectivity index (χ2v) is 3.39. The zero-order valence-electron chi connectivity index (χ0n) is 6.58. The second-order valence-electron chi connectivity index (χ2n) is 2.48. The van der Waals surface area contributed by atoms with Crippen LogP contribution in [-0.2, 0) is 11.2 Å². The summed E-state index contributed by atoms with van der Waals surface area (Å²) < 4.78 is 13.4. The molecule has 1 N–H and O–H groups in total. The highest BCUT2D eigenvalue weighted by molar-refractivity contribution is 9.10. The summed E-state index contributed by atoms with van der Waals surface area (Å²) in [6, 6.07) is 3.27. The van der Waals surface area contributed by atoms with Gasteiger partial charge in [-0.3, -0.25) is 4.98 Å². The number of carboxylic acid groups (broad SMARTS) is 1. The van der Waals surface area contributed by atoms with E-state index >= 15 is 0 Å². The first kappa shape index (κ1) is 10.1. The predicted molar refractivity (Wildman–Crippen MR) is 48.2 cm³/mol. The van der Waals surface area contributed by atoms with Gasteiger partial charge in [0.1, 0.15) is 0 Å².